The molecule has 35 heavy (non-hydrogen) atoms. The molecule has 0 radical (unpaired) electrons. The number of hydrogen-bond acceptors (Lipinski definition) is 6. The second-order valence-corrected chi connectivity index (χ2v) is 12.6. The predicted molar refractivity (Wildman–Crippen MR) is 149 cm³/mol. The molecule has 2 aromatic carbocycles. The lowest BCUT2D eigenvalue weighted by atomic mass is 10.1. The van der Waals surface area contributed by atoms with Crippen molar-refractivity contribution >= 4 is 77.7 Å². The van der Waals surface area contributed by atoms with E-state index in [2.05, 4.69) is 27.9 Å². The standard InChI is InChI=1S/C25H25ClN4O2S2.ClH/c1-16-19-14-18(26)3-4-24(19)33-25(16)34(31,32)30-8-6-17-13-21-20(15-23(17)30)22(5-7-27-21)29-11-9-28(2)10-12-29;/h3-5,7,13-15H,6,8-12H2,1-2H3;1H. The molecule has 2 aliphatic rings. The quantitative estimate of drug-likeness (QED) is 0.346. The van der Waals surface area contributed by atoms with E-state index in [0.29, 0.717) is 22.2 Å². The highest BCUT2D eigenvalue weighted by atomic mass is 35.5. The summed E-state index contributed by atoms with van der Waals surface area (Å²) < 4.78 is 30.7. The van der Waals surface area contributed by atoms with Crippen molar-refractivity contribution in [2.75, 3.05) is 49.0 Å². The fraction of sp³-hybridized carbons (Fsp3) is 0.320. The van der Waals surface area contributed by atoms with Crippen LogP contribution >= 0.6 is 35.3 Å². The molecule has 0 aliphatic carbocycles. The molecule has 2 aliphatic heterocycles. The van der Waals surface area contributed by atoms with Gasteiger partial charge in [0, 0.05) is 59.7 Å². The van der Waals surface area contributed by atoms with Crippen LogP contribution in [0.5, 0.6) is 0 Å². The average molecular weight is 550 g/mol. The Kier molecular flexibility index (Phi) is 6.38. The van der Waals surface area contributed by atoms with Gasteiger partial charge in [0.25, 0.3) is 10.0 Å². The van der Waals surface area contributed by atoms with Crippen LogP contribution in [-0.2, 0) is 16.4 Å². The van der Waals surface area contributed by atoms with Crippen LogP contribution in [0.3, 0.4) is 0 Å². The van der Waals surface area contributed by atoms with Gasteiger partial charge in [-0.25, -0.2) is 8.42 Å². The molecule has 4 aromatic rings. The molecule has 0 amide bonds. The summed E-state index contributed by atoms with van der Waals surface area (Å²) in [5, 5.41) is 2.52. The molecule has 1 saturated heterocycles. The third-order valence-corrected chi connectivity index (χ3v) is 10.9. The zero-order valence-corrected chi connectivity index (χ0v) is 22.7. The number of anilines is 2. The van der Waals surface area contributed by atoms with Crippen molar-refractivity contribution in [1.82, 2.24) is 9.88 Å². The average Bonchev–Trinajstić information content (AvgIpc) is 3.39. The van der Waals surface area contributed by atoms with Crippen molar-refractivity contribution in [3.8, 4) is 0 Å². The zero-order valence-electron chi connectivity index (χ0n) is 19.5. The summed E-state index contributed by atoms with van der Waals surface area (Å²) in [5.41, 5.74) is 4.60. The summed E-state index contributed by atoms with van der Waals surface area (Å²) in [6.07, 6.45) is 2.54. The molecule has 1 fully saturated rings. The normalized spacial score (nSPS) is 16.7. The van der Waals surface area contributed by atoms with Crippen LogP contribution in [0.25, 0.3) is 21.0 Å². The van der Waals surface area contributed by atoms with Crippen LogP contribution in [0.1, 0.15) is 11.1 Å². The van der Waals surface area contributed by atoms with Crippen molar-refractivity contribution in [3.05, 3.63) is 58.7 Å². The Labute approximate surface area is 220 Å². The molecule has 6 rings (SSSR count). The number of rotatable bonds is 3. The van der Waals surface area contributed by atoms with Crippen LogP contribution in [0.2, 0.25) is 5.02 Å². The number of thiophene rings is 1. The Morgan fingerprint density at radius 2 is 1.74 bits per heavy atom. The first kappa shape index (κ1) is 24.6. The molecule has 2 aromatic heterocycles. The number of piperazine rings is 1. The lowest BCUT2D eigenvalue weighted by Gasteiger charge is -2.34. The second kappa shape index (κ2) is 9.09. The first-order valence-corrected chi connectivity index (χ1v) is 14.0. The number of sulfonamides is 1. The van der Waals surface area contributed by atoms with E-state index in [0.717, 1.165) is 69.7 Å². The lowest BCUT2D eigenvalue weighted by molar-refractivity contribution is 0.313. The van der Waals surface area contributed by atoms with Crippen molar-refractivity contribution in [3.63, 3.8) is 0 Å². The van der Waals surface area contributed by atoms with Gasteiger partial charge in [-0.3, -0.25) is 9.29 Å². The molecule has 0 bridgehead atoms. The molecule has 0 atom stereocenters. The van der Waals surface area contributed by atoms with Gasteiger partial charge in [-0.2, -0.15) is 0 Å². The number of aryl methyl sites for hydroxylation is 1. The number of hydrogen-bond donors (Lipinski definition) is 0. The highest BCUT2D eigenvalue weighted by molar-refractivity contribution is 7.95. The third kappa shape index (κ3) is 4.05. The van der Waals surface area contributed by atoms with Crippen molar-refractivity contribution in [1.29, 1.82) is 0 Å². The largest absolute Gasteiger partial charge is 0.368 e. The number of pyridine rings is 1. The van der Waals surface area contributed by atoms with Crippen LogP contribution in [0.4, 0.5) is 11.4 Å². The first-order valence-electron chi connectivity index (χ1n) is 11.4. The van der Waals surface area contributed by atoms with Crippen LogP contribution in [0.15, 0.2) is 46.8 Å². The summed E-state index contributed by atoms with van der Waals surface area (Å²) in [6, 6.07) is 11.7. The van der Waals surface area contributed by atoms with E-state index in [1.165, 1.54) is 11.3 Å². The Morgan fingerprint density at radius 1 is 0.971 bits per heavy atom. The molecule has 0 saturated carbocycles. The van der Waals surface area contributed by atoms with Gasteiger partial charge in [-0.05, 0) is 73.3 Å². The monoisotopic (exact) mass is 548 g/mol. The maximum atomic E-state index is 13.9. The maximum absolute atomic E-state index is 13.9. The van der Waals surface area contributed by atoms with Gasteiger partial charge in [-0.15, -0.1) is 23.7 Å². The number of benzene rings is 2. The topological polar surface area (TPSA) is 56.8 Å². The fourth-order valence-electron chi connectivity index (χ4n) is 5.07. The van der Waals surface area contributed by atoms with Gasteiger partial charge < -0.3 is 9.80 Å². The van der Waals surface area contributed by atoms with Crippen molar-refractivity contribution < 1.29 is 8.42 Å². The lowest BCUT2D eigenvalue weighted by Crippen LogP contribution is -2.44. The van der Waals surface area contributed by atoms with Gasteiger partial charge in [0.2, 0.25) is 0 Å². The third-order valence-electron chi connectivity index (χ3n) is 6.99. The van der Waals surface area contributed by atoms with Gasteiger partial charge in [0.05, 0.1) is 11.2 Å². The summed E-state index contributed by atoms with van der Waals surface area (Å²) in [7, 11) is -1.56. The van der Waals surface area contributed by atoms with Gasteiger partial charge in [0.15, 0.2) is 0 Å². The van der Waals surface area contributed by atoms with E-state index in [1.807, 2.05) is 37.4 Å². The summed E-state index contributed by atoms with van der Waals surface area (Å²) in [5.74, 6) is 0. The minimum Gasteiger partial charge on any atom is -0.368 e. The van der Waals surface area contributed by atoms with E-state index < -0.39 is 10.0 Å². The van der Waals surface area contributed by atoms with Crippen LogP contribution in [-0.4, -0.2) is 58.1 Å². The van der Waals surface area contributed by atoms with Crippen LogP contribution < -0.4 is 9.21 Å². The molecular formula is C25H26Cl2N4O2S2. The first-order chi connectivity index (χ1) is 16.3. The predicted octanol–water partition coefficient (Wildman–Crippen LogP) is 5.34. The Hall–Kier alpha value is -2.10. The summed E-state index contributed by atoms with van der Waals surface area (Å²) >= 11 is 7.50. The molecule has 6 nitrogen and oxygen atoms in total. The second-order valence-electron chi connectivity index (χ2n) is 9.10. The van der Waals surface area contributed by atoms with E-state index >= 15 is 0 Å². The highest BCUT2D eigenvalue weighted by Crippen LogP contribution is 2.42. The maximum Gasteiger partial charge on any atom is 0.274 e. The molecule has 184 valence electrons. The molecular weight excluding hydrogens is 523 g/mol. The van der Waals surface area contributed by atoms with Crippen molar-refractivity contribution in [2.45, 2.75) is 17.6 Å². The Morgan fingerprint density at radius 3 is 2.51 bits per heavy atom. The number of aromatic nitrogens is 1. The van der Waals surface area contributed by atoms with Gasteiger partial charge in [0.1, 0.15) is 4.21 Å². The van der Waals surface area contributed by atoms with E-state index in [1.54, 1.807) is 10.4 Å². The Balaban J connectivity index is 0.00000253. The van der Waals surface area contributed by atoms with Crippen molar-refractivity contribution in [2.24, 2.45) is 0 Å². The summed E-state index contributed by atoms with van der Waals surface area (Å²) in [4.78, 5) is 9.32. The number of likely N-dealkylation sites (N-methyl/N-ethyl adjacent to an activating group) is 1. The van der Waals surface area contributed by atoms with Crippen LogP contribution in [0, 0.1) is 6.92 Å². The summed E-state index contributed by atoms with van der Waals surface area (Å²) in [6.45, 7) is 6.20. The van der Waals surface area contributed by atoms with Gasteiger partial charge >= 0.3 is 0 Å². The SMILES string of the molecule is Cc1c(S(=O)(=O)N2CCc3cc4nccc(N5CCN(C)CC5)c4cc32)sc2ccc(Cl)cc12.Cl. The fourth-order valence-corrected chi connectivity index (χ4v) is 8.59. The molecule has 0 N–H and O–H groups in total. The van der Waals surface area contributed by atoms with Gasteiger partial charge in [-0.1, -0.05) is 11.6 Å². The number of halogens is 2. The smallest absolute Gasteiger partial charge is 0.274 e. The molecule has 4 heterocycles. The zero-order chi connectivity index (χ0) is 23.6. The molecule has 0 spiro atoms. The van der Waals surface area contributed by atoms with E-state index in [9.17, 15) is 8.42 Å². The highest BCUT2D eigenvalue weighted by Gasteiger charge is 2.34. The number of nitrogens with zero attached hydrogens (tertiary/aromatic N) is 4. The van der Waals surface area contributed by atoms with E-state index in [-0.39, 0.29) is 12.4 Å². The molecule has 0 unspecified atom stereocenters. The minimum atomic E-state index is -3.70. The Bertz CT molecular complexity index is 1550. The number of fused-ring (bicyclic) bond motifs is 3. The molecule has 10 heteroatoms. The van der Waals surface area contributed by atoms with E-state index in [4.69, 9.17) is 11.6 Å². The minimum absolute atomic E-state index is 0.